The second kappa shape index (κ2) is 11.1. The monoisotopic (exact) mass is 546 g/mol. The van der Waals surface area contributed by atoms with E-state index in [0.29, 0.717) is 0 Å². The van der Waals surface area contributed by atoms with E-state index in [1.54, 1.807) is 8.89 Å². The van der Waals surface area contributed by atoms with Gasteiger partial charge in [-0.1, -0.05) is 0 Å². The van der Waals surface area contributed by atoms with Crippen molar-refractivity contribution in [2.45, 2.75) is 36.8 Å². The molecular weight excluding hydrogens is 521 g/mol. The van der Waals surface area contributed by atoms with Gasteiger partial charge in [0, 0.05) is 0 Å². The van der Waals surface area contributed by atoms with Crippen LogP contribution in [0.5, 0.6) is 0 Å². The quantitative estimate of drug-likeness (QED) is 0.342. The summed E-state index contributed by atoms with van der Waals surface area (Å²) >= 11 is -0.801. The third-order valence-electron chi connectivity index (χ3n) is 4.36. The van der Waals surface area contributed by atoms with Crippen molar-refractivity contribution >= 4 is 14.0 Å². The Kier molecular flexibility index (Phi) is 10.4. The zero-order valence-electron chi connectivity index (χ0n) is 14.4. The summed E-state index contributed by atoms with van der Waals surface area (Å²) in [6.45, 7) is 4.71. The maximum absolute atomic E-state index is 2.59. The molecule has 0 aliphatic heterocycles. The first kappa shape index (κ1) is 22.4. The van der Waals surface area contributed by atoms with Crippen molar-refractivity contribution in [2.75, 3.05) is 12.3 Å². The van der Waals surface area contributed by atoms with E-state index in [2.05, 4.69) is 62.4 Å². The molecule has 24 heavy (non-hydrogen) atoms. The molecule has 0 saturated carbocycles. The van der Waals surface area contributed by atoms with Crippen LogP contribution in [0.25, 0.3) is 6.08 Å². The SMILES string of the molecule is CCCP(CCC)C1=Cc2ccccc2[CH]1[Hf+2][C]1=CC=CC1.[Cl-].[Cl-]. The minimum Gasteiger partial charge on any atom is -1.00 e. The number of hydrogen-bond acceptors (Lipinski definition) is 0. The van der Waals surface area contributed by atoms with Gasteiger partial charge in [0.05, 0.1) is 0 Å². The molecule has 0 amide bonds. The average Bonchev–Trinajstić information content (AvgIpc) is 3.16. The van der Waals surface area contributed by atoms with E-state index in [4.69, 9.17) is 0 Å². The molecule has 4 heteroatoms. The van der Waals surface area contributed by atoms with Crippen LogP contribution in [0.4, 0.5) is 0 Å². The molecule has 3 rings (SSSR count). The first-order chi connectivity index (χ1) is 10.8. The Morgan fingerprint density at radius 2 is 1.79 bits per heavy atom. The predicted octanol–water partition coefficient (Wildman–Crippen LogP) is 0.318. The van der Waals surface area contributed by atoms with Crippen molar-refractivity contribution in [3.8, 4) is 0 Å². The van der Waals surface area contributed by atoms with Gasteiger partial charge in [-0.25, -0.2) is 0 Å². The van der Waals surface area contributed by atoms with Crippen molar-refractivity contribution in [3.05, 3.63) is 62.3 Å². The molecule has 0 radical (unpaired) electrons. The Hall–Kier alpha value is 0.320. The van der Waals surface area contributed by atoms with Gasteiger partial charge in [-0.2, -0.15) is 0 Å². The zero-order chi connectivity index (χ0) is 15.4. The van der Waals surface area contributed by atoms with Crippen LogP contribution in [0.2, 0.25) is 0 Å². The maximum Gasteiger partial charge on any atom is -1.00 e. The summed E-state index contributed by atoms with van der Waals surface area (Å²) in [5, 5.41) is 1.86. The molecular formula is C20H25Cl2HfP. The van der Waals surface area contributed by atoms with E-state index in [0.717, 1.165) is 3.67 Å². The summed E-state index contributed by atoms with van der Waals surface area (Å²) in [4.78, 5) is 0. The Morgan fingerprint density at radius 3 is 2.42 bits per heavy atom. The molecule has 1 aromatic carbocycles. The molecule has 1 atom stereocenters. The molecule has 0 aromatic heterocycles. The van der Waals surface area contributed by atoms with Crippen LogP contribution >= 0.6 is 7.92 Å². The molecule has 0 spiro atoms. The van der Waals surface area contributed by atoms with Crippen molar-refractivity contribution in [2.24, 2.45) is 0 Å². The Labute approximate surface area is 172 Å². The van der Waals surface area contributed by atoms with E-state index in [9.17, 15) is 0 Å². The van der Waals surface area contributed by atoms with Gasteiger partial charge in [-0.3, -0.25) is 0 Å². The summed E-state index contributed by atoms with van der Waals surface area (Å²) in [6, 6.07) is 9.20. The first-order valence-corrected chi connectivity index (χ1v) is 14.1. The normalized spacial score (nSPS) is 17.5. The number of rotatable bonds is 7. The molecule has 1 unspecified atom stereocenters. The molecule has 0 saturated heterocycles. The van der Waals surface area contributed by atoms with Gasteiger partial charge < -0.3 is 24.8 Å². The molecule has 1 aromatic rings. The van der Waals surface area contributed by atoms with E-state index in [-0.39, 0.29) is 32.7 Å². The zero-order valence-corrected chi connectivity index (χ0v) is 20.4. The van der Waals surface area contributed by atoms with Gasteiger partial charge in [0.1, 0.15) is 0 Å². The van der Waals surface area contributed by atoms with Gasteiger partial charge in [0.15, 0.2) is 0 Å². The molecule has 0 bridgehead atoms. The first-order valence-electron chi connectivity index (χ1n) is 8.51. The molecule has 0 fully saturated rings. The molecule has 0 nitrogen and oxygen atoms in total. The van der Waals surface area contributed by atoms with Crippen molar-refractivity contribution < 1.29 is 47.7 Å². The summed E-state index contributed by atoms with van der Waals surface area (Å²) in [7, 11) is 0.0942. The van der Waals surface area contributed by atoms with Crippen LogP contribution in [0.1, 0.15) is 47.9 Å². The fourth-order valence-electron chi connectivity index (χ4n) is 3.38. The average molecular weight is 546 g/mol. The maximum atomic E-state index is 2.59. The number of hydrogen-bond donors (Lipinski definition) is 0. The summed E-state index contributed by atoms with van der Waals surface area (Å²) < 4.78 is 2.64. The van der Waals surface area contributed by atoms with Crippen molar-refractivity contribution in [1.82, 2.24) is 0 Å². The summed E-state index contributed by atoms with van der Waals surface area (Å²) in [6.07, 6.45) is 16.4. The Morgan fingerprint density at radius 1 is 1.08 bits per heavy atom. The minimum absolute atomic E-state index is 0. The van der Waals surface area contributed by atoms with Crippen LogP contribution < -0.4 is 24.8 Å². The Bertz CT molecular complexity index is 616. The predicted molar refractivity (Wildman–Crippen MR) is 96.2 cm³/mol. The number of benzene rings is 1. The number of fused-ring (bicyclic) bond motifs is 1. The largest absolute Gasteiger partial charge is 1.00 e. The molecule has 2 aliphatic rings. The topological polar surface area (TPSA) is 0 Å². The third kappa shape index (κ3) is 5.17. The second-order valence-electron chi connectivity index (χ2n) is 6.09. The summed E-state index contributed by atoms with van der Waals surface area (Å²) in [5.41, 5.74) is 3.19. The van der Waals surface area contributed by atoms with Crippen LogP contribution in [0.15, 0.2) is 51.1 Å². The fraction of sp³-hybridized carbons (Fsp3) is 0.400. The molecule has 0 N–H and O–H groups in total. The number of allylic oxidation sites excluding steroid dienone is 5. The molecule has 0 heterocycles. The molecule has 128 valence electrons. The van der Waals surface area contributed by atoms with Crippen molar-refractivity contribution in [3.63, 3.8) is 0 Å². The number of halogens is 2. The van der Waals surface area contributed by atoms with Gasteiger partial charge in [0.2, 0.25) is 0 Å². The smallest absolute Gasteiger partial charge is 1.00 e. The van der Waals surface area contributed by atoms with E-state index in [1.165, 1.54) is 37.1 Å². The fourth-order valence-corrected chi connectivity index (χ4v) is 13.7. The van der Waals surface area contributed by atoms with Gasteiger partial charge >= 0.3 is 148 Å². The van der Waals surface area contributed by atoms with Crippen LogP contribution in [0, 0.1) is 0 Å². The van der Waals surface area contributed by atoms with E-state index >= 15 is 0 Å². The van der Waals surface area contributed by atoms with Gasteiger partial charge in [-0.15, -0.1) is 0 Å². The van der Waals surface area contributed by atoms with E-state index < -0.39 is 22.9 Å². The molecule has 2 aliphatic carbocycles. The van der Waals surface area contributed by atoms with Crippen LogP contribution in [0.3, 0.4) is 0 Å². The Balaban J connectivity index is 0.00000144. The third-order valence-corrected chi connectivity index (χ3v) is 14.3. The van der Waals surface area contributed by atoms with Crippen LogP contribution in [-0.4, -0.2) is 12.3 Å². The standard InChI is InChI=1S/C15H20P.C5H5.2ClH.Hf/c1-3-9-16(10-4-2)15-11-13-7-5-6-8-14(13)12-15;1-2-4-5-3-1;;;/h5-8,11-12H,3-4,9-10H2,1-2H3;1-3H,4H2;2*1H;/q;;;;+2/p-2. The van der Waals surface area contributed by atoms with Crippen molar-refractivity contribution in [1.29, 1.82) is 0 Å². The van der Waals surface area contributed by atoms with E-state index in [1.807, 2.05) is 5.31 Å². The van der Waals surface area contributed by atoms with Crippen LogP contribution in [-0.2, 0) is 22.9 Å². The van der Waals surface area contributed by atoms with Gasteiger partial charge in [0.25, 0.3) is 0 Å². The van der Waals surface area contributed by atoms with Gasteiger partial charge in [-0.05, 0) is 0 Å². The second-order valence-corrected chi connectivity index (χ2v) is 14.0. The summed E-state index contributed by atoms with van der Waals surface area (Å²) in [5.74, 6) is 0. The minimum atomic E-state index is -0.801.